The van der Waals surface area contributed by atoms with Gasteiger partial charge in [0.25, 0.3) is 0 Å². The Morgan fingerprint density at radius 1 is 1.14 bits per heavy atom. The minimum atomic E-state index is -3.60. The van der Waals surface area contributed by atoms with Crippen LogP contribution in [0, 0.1) is 0 Å². The highest BCUT2D eigenvalue weighted by Crippen LogP contribution is 2.16. The van der Waals surface area contributed by atoms with Crippen molar-refractivity contribution in [2.24, 2.45) is 5.73 Å². The lowest BCUT2D eigenvalue weighted by Gasteiger charge is -2.22. The number of sulfonamides is 1. The summed E-state index contributed by atoms with van der Waals surface area (Å²) < 4.78 is 49.8. The van der Waals surface area contributed by atoms with Crippen LogP contribution in [0.2, 0.25) is 0 Å². The summed E-state index contributed by atoms with van der Waals surface area (Å²) in [6.45, 7) is 0.515. The number of sulfone groups is 1. The number of nitrogens with one attached hydrogen (secondary N) is 1. The monoisotopic (exact) mass is 332 g/mol. The molecule has 0 atom stereocenters. The maximum atomic E-state index is 12.2. The summed E-state index contributed by atoms with van der Waals surface area (Å²) in [5, 5.41) is 0. The lowest BCUT2D eigenvalue weighted by molar-refractivity contribution is 0.505. The average Bonchev–Trinajstić information content (AvgIpc) is 2.42. The summed E-state index contributed by atoms with van der Waals surface area (Å²) >= 11 is 0. The Kier molecular flexibility index (Phi) is 5.03. The van der Waals surface area contributed by atoms with E-state index in [9.17, 15) is 16.8 Å². The lowest BCUT2D eigenvalue weighted by Crippen LogP contribution is -2.40. The fourth-order valence-electron chi connectivity index (χ4n) is 2.30. The van der Waals surface area contributed by atoms with Crippen LogP contribution >= 0.6 is 0 Å². The van der Waals surface area contributed by atoms with Crippen molar-refractivity contribution in [3.05, 3.63) is 29.8 Å². The van der Waals surface area contributed by atoms with E-state index in [0.29, 0.717) is 25.8 Å². The molecule has 1 aliphatic heterocycles. The summed E-state index contributed by atoms with van der Waals surface area (Å²) in [7, 11) is -6.60. The van der Waals surface area contributed by atoms with Gasteiger partial charge in [-0.2, -0.15) is 0 Å². The van der Waals surface area contributed by atoms with Gasteiger partial charge in [0.15, 0.2) is 0 Å². The topological polar surface area (TPSA) is 106 Å². The second-order valence-electron chi connectivity index (χ2n) is 5.23. The molecule has 8 heteroatoms. The van der Waals surface area contributed by atoms with Crippen molar-refractivity contribution in [1.82, 2.24) is 4.72 Å². The summed E-state index contributed by atoms with van der Waals surface area (Å²) in [5.74, 6) is 0.0747. The van der Waals surface area contributed by atoms with Gasteiger partial charge in [0, 0.05) is 6.04 Å². The zero-order valence-corrected chi connectivity index (χ0v) is 13.3. The van der Waals surface area contributed by atoms with Gasteiger partial charge in [0.2, 0.25) is 10.0 Å². The summed E-state index contributed by atoms with van der Waals surface area (Å²) in [4.78, 5) is 0.191. The van der Waals surface area contributed by atoms with Gasteiger partial charge < -0.3 is 5.73 Å². The zero-order chi connectivity index (χ0) is 15.5. The molecule has 0 aromatic heterocycles. The quantitative estimate of drug-likeness (QED) is 0.792. The van der Waals surface area contributed by atoms with E-state index in [0.717, 1.165) is 5.56 Å². The van der Waals surface area contributed by atoms with Gasteiger partial charge in [0.1, 0.15) is 9.84 Å². The van der Waals surface area contributed by atoms with E-state index >= 15 is 0 Å². The van der Waals surface area contributed by atoms with E-state index < -0.39 is 19.9 Å². The number of benzene rings is 1. The molecule has 0 aliphatic carbocycles. The zero-order valence-electron chi connectivity index (χ0n) is 11.7. The first-order valence-corrected chi connectivity index (χ1v) is 10.1. The van der Waals surface area contributed by atoms with Crippen molar-refractivity contribution in [3.8, 4) is 0 Å². The number of rotatable bonds is 5. The Bertz CT molecular complexity index is 667. The molecule has 0 bridgehead atoms. The van der Waals surface area contributed by atoms with Crippen LogP contribution in [0.3, 0.4) is 0 Å². The Morgan fingerprint density at radius 3 is 2.24 bits per heavy atom. The molecule has 3 N–H and O–H groups in total. The molecular formula is C13H20N2O4S2. The van der Waals surface area contributed by atoms with E-state index in [1.54, 1.807) is 24.3 Å². The second-order valence-corrected chi connectivity index (χ2v) is 9.25. The third-order valence-corrected chi connectivity index (χ3v) is 6.79. The fourth-order valence-corrected chi connectivity index (χ4v) is 5.09. The van der Waals surface area contributed by atoms with Crippen LogP contribution in [-0.4, -0.2) is 40.9 Å². The Labute approximate surface area is 125 Å². The second kappa shape index (κ2) is 6.43. The molecule has 0 unspecified atom stereocenters. The minimum Gasteiger partial charge on any atom is -0.330 e. The first-order chi connectivity index (χ1) is 9.82. The van der Waals surface area contributed by atoms with Crippen molar-refractivity contribution in [3.63, 3.8) is 0 Å². The van der Waals surface area contributed by atoms with Crippen molar-refractivity contribution < 1.29 is 16.8 Å². The maximum absolute atomic E-state index is 12.2. The van der Waals surface area contributed by atoms with Crippen molar-refractivity contribution in [2.75, 3.05) is 18.1 Å². The largest absolute Gasteiger partial charge is 0.330 e. The van der Waals surface area contributed by atoms with E-state index in [1.807, 2.05) is 0 Å². The summed E-state index contributed by atoms with van der Waals surface area (Å²) in [5.41, 5.74) is 6.44. The summed E-state index contributed by atoms with van der Waals surface area (Å²) in [6.07, 6.45) is 1.36. The smallest absolute Gasteiger partial charge is 0.240 e. The number of nitrogens with two attached hydrogens (primary N) is 1. The van der Waals surface area contributed by atoms with Crippen LogP contribution in [0.4, 0.5) is 0 Å². The van der Waals surface area contributed by atoms with Gasteiger partial charge in [-0.15, -0.1) is 0 Å². The molecule has 1 heterocycles. The number of hydrogen-bond donors (Lipinski definition) is 2. The molecule has 1 saturated heterocycles. The SMILES string of the molecule is NCCc1ccc(S(=O)(=O)NC2CCS(=O)(=O)CC2)cc1. The highest BCUT2D eigenvalue weighted by atomic mass is 32.2. The first kappa shape index (κ1) is 16.4. The molecule has 1 fully saturated rings. The van der Waals surface area contributed by atoms with Gasteiger partial charge in [0.05, 0.1) is 16.4 Å². The van der Waals surface area contributed by atoms with Gasteiger partial charge in [-0.05, 0) is 43.5 Å². The van der Waals surface area contributed by atoms with E-state index in [4.69, 9.17) is 5.73 Å². The molecule has 0 radical (unpaired) electrons. The van der Waals surface area contributed by atoms with Crippen LogP contribution in [0.1, 0.15) is 18.4 Å². The highest BCUT2D eigenvalue weighted by molar-refractivity contribution is 7.91. The maximum Gasteiger partial charge on any atom is 0.240 e. The van der Waals surface area contributed by atoms with Crippen LogP contribution in [-0.2, 0) is 26.3 Å². The lowest BCUT2D eigenvalue weighted by atomic mass is 10.2. The van der Waals surface area contributed by atoms with E-state index in [-0.39, 0.29) is 22.4 Å². The third-order valence-electron chi connectivity index (χ3n) is 3.54. The average molecular weight is 332 g/mol. The Balaban J connectivity index is 2.05. The molecule has 1 aromatic carbocycles. The number of hydrogen-bond acceptors (Lipinski definition) is 5. The Hall–Kier alpha value is -0.960. The molecule has 118 valence electrons. The van der Waals surface area contributed by atoms with Gasteiger partial charge in [-0.3, -0.25) is 0 Å². The normalized spacial score (nSPS) is 19.5. The van der Waals surface area contributed by atoms with Gasteiger partial charge in [-0.1, -0.05) is 12.1 Å². The van der Waals surface area contributed by atoms with E-state index in [2.05, 4.69) is 4.72 Å². The van der Waals surface area contributed by atoms with Gasteiger partial charge >= 0.3 is 0 Å². The predicted octanol–water partition coefficient (Wildman–Crippen LogP) is 0.0433. The molecule has 1 aromatic rings. The van der Waals surface area contributed by atoms with Crippen molar-refractivity contribution in [2.45, 2.75) is 30.2 Å². The van der Waals surface area contributed by atoms with E-state index in [1.165, 1.54) is 0 Å². The standard InChI is InChI=1S/C13H20N2O4S2/c14-8-5-11-1-3-13(4-2-11)21(18,19)15-12-6-9-20(16,17)10-7-12/h1-4,12,15H,5-10,14H2. The third kappa shape index (κ3) is 4.50. The molecule has 6 nitrogen and oxygen atoms in total. The van der Waals surface area contributed by atoms with Crippen LogP contribution in [0.5, 0.6) is 0 Å². The summed E-state index contributed by atoms with van der Waals surface area (Å²) in [6, 6.07) is 6.27. The molecule has 21 heavy (non-hydrogen) atoms. The van der Waals surface area contributed by atoms with Crippen LogP contribution in [0.15, 0.2) is 29.2 Å². The van der Waals surface area contributed by atoms with Crippen LogP contribution in [0.25, 0.3) is 0 Å². The van der Waals surface area contributed by atoms with Crippen molar-refractivity contribution >= 4 is 19.9 Å². The van der Waals surface area contributed by atoms with Gasteiger partial charge in [-0.25, -0.2) is 21.6 Å². The molecule has 0 amide bonds. The molecule has 0 saturated carbocycles. The van der Waals surface area contributed by atoms with Crippen LogP contribution < -0.4 is 10.5 Å². The van der Waals surface area contributed by atoms with Crippen molar-refractivity contribution in [1.29, 1.82) is 0 Å². The molecule has 0 spiro atoms. The fraction of sp³-hybridized carbons (Fsp3) is 0.538. The minimum absolute atomic E-state index is 0.0373. The molecule has 2 rings (SSSR count). The molecular weight excluding hydrogens is 312 g/mol. The Morgan fingerprint density at radius 2 is 1.71 bits per heavy atom. The molecule has 1 aliphatic rings. The highest BCUT2D eigenvalue weighted by Gasteiger charge is 2.27. The first-order valence-electron chi connectivity index (χ1n) is 6.84. The predicted molar refractivity (Wildman–Crippen MR) is 81.2 cm³/mol.